The Morgan fingerprint density at radius 1 is 1.24 bits per heavy atom. The standard InChI is InChI=1S/C17H24N2OS/c1-13-8-4-5-9-14(13)12-15(20)19-17(16(18)21)10-6-2-3-7-11-17/h4-5,8-9H,2-3,6-7,10-12H2,1H3,(H2,18,21)(H,19,20). The number of thiocarbonyl (C=S) groups is 1. The van der Waals surface area contributed by atoms with Gasteiger partial charge in [0.2, 0.25) is 5.91 Å². The molecule has 1 amide bonds. The van der Waals surface area contributed by atoms with Gasteiger partial charge in [0.1, 0.15) is 0 Å². The molecule has 3 nitrogen and oxygen atoms in total. The number of nitrogens with two attached hydrogens (primary N) is 1. The summed E-state index contributed by atoms with van der Waals surface area (Å²) in [5.74, 6) is 0.0130. The van der Waals surface area contributed by atoms with Gasteiger partial charge in [0.05, 0.1) is 16.9 Å². The van der Waals surface area contributed by atoms with Crippen molar-refractivity contribution in [2.75, 3.05) is 0 Å². The number of carbonyl (C=O) groups excluding carboxylic acids is 1. The molecule has 0 spiro atoms. The zero-order valence-corrected chi connectivity index (χ0v) is 13.5. The Labute approximate surface area is 132 Å². The molecule has 0 aromatic heterocycles. The molecule has 1 aliphatic rings. The molecule has 0 atom stereocenters. The lowest BCUT2D eigenvalue weighted by molar-refractivity contribution is -0.121. The molecule has 0 bridgehead atoms. The van der Waals surface area contributed by atoms with Crippen molar-refractivity contribution in [1.29, 1.82) is 0 Å². The Morgan fingerprint density at radius 2 is 1.86 bits per heavy atom. The molecule has 1 aromatic carbocycles. The number of hydrogen-bond acceptors (Lipinski definition) is 2. The van der Waals surface area contributed by atoms with E-state index in [2.05, 4.69) is 5.32 Å². The van der Waals surface area contributed by atoms with E-state index in [0.29, 0.717) is 11.4 Å². The van der Waals surface area contributed by atoms with Crippen LogP contribution in [-0.2, 0) is 11.2 Å². The van der Waals surface area contributed by atoms with E-state index in [1.54, 1.807) is 0 Å². The van der Waals surface area contributed by atoms with Crippen LogP contribution < -0.4 is 11.1 Å². The second-order valence-corrected chi connectivity index (χ2v) is 6.45. The van der Waals surface area contributed by atoms with Crippen molar-refractivity contribution in [3.63, 3.8) is 0 Å². The lowest BCUT2D eigenvalue weighted by Crippen LogP contribution is -2.56. The van der Waals surface area contributed by atoms with Crippen LogP contribution in [0.25, 0.3) is 0 Å². The highest BCUT2D eigenvalue weighted by molar-refractivity contribution is 7.80. The molecule has 3 N–H and O–H groups in total. The summed E-state index contributed by atoms with van der Waals surface area (Å²) in [5, 5.41) is 3.14. The average molecular weight is 304 g/mol. The predicted octanol–water partition coefficient (Wildman–Crippen LogP) is 3.03. The van der Waals surface area contributed by atoms with E-state index in [-0.39, 0.29) is 5.91 Å². The fraction of sp³-hybridized carbons (Fsp3) is 0.529. The Hall–Kier alpha value is -1.42. The molecule has 1 saturated carbocycles. The minimum atomic E-state index is -0.481. The van der Waals surface area contributed by atoms with Crippen molar-refractivity contribution < 1.29 is 4.79 Å². The zero-order valence-electron chi connectivity index (χ0n) is 12.7. The summed E-state index contributed by atoms with van der Waals surface area (Å²) in [6.45, 7) is 2.03. The number of rotatable bonds is 4. The van der Waals surface area contributed by atoms with Crippen LogP contribution in [0, 0.1) is 6.92 Å². The summed E-state index contributed by atoms with van der Waals surface area (Å²) < 4.78 is 0. The van der Waals surface area contributed by atoms with E-state index in [1.807, 2.05) is 31.2 Å². The summed E-state index contributed by atoms with van der Waals surface area (Å²) >= 11 is 5.26. The predicted molar refractivity (Wildman–Crippen MR) is 90.2 cm³/mol. The molecule has 1 fully saturated rings. The number of hydrogen-bond donors (Lipinski definition) is 2. The van der Waals surface area contributed by atoms with Crippen molar-refractivity contribution in [2.24, 2.45) is 5.73 Å². The van der Waals surface area contributed by atoms with Crippen LogP contribution in [-0.4, -0.2) is 16.4 Å². The molecule has 21 heavy (non-hydrogen) atoms. The lowest BCUT2D eigenvalue weighted by atomic mass is 9.89. The Balaban J connectivity index is 2.08. The fourth-order valence-electron chi connectivity index (χ4n) is 3.06. The first-order valence-electron chi connectivity index (χ1n) is 7.69. The van der Waals surface area contributed by atoms with Crippen LogP contribution >= 0.6 is 12.2 Å². The second kappa shape index (κ2) is 7.03. The number of aryl methyl sites for hydroxylation is 1. The first kappa shape index (κ1) is 16.0. The van der Waals surface area contributed by atoms with E-state index in [0.717, 1.165) is 36.8 Å². The van der Waals surface area contributed by atoms with Crippen LogP contribution in [0.3, 0.4) is 0 Å². The number of benzene rings is 1. The summed E-state index contributed by atoms with van der Waals surface area (Å²) in [6.07, 6.45) is 6.64. The van der Waals surface area contributed by atoms with Gasteiger partial charge in [-0.1, -0.05) is 62.2 Å². The molecular formula is C17H24N2OS. The van der Waals surface area contributed by atoms with Crippen molar-refractivity contribution in [3.8, 4) is 0 Å². The lowest BCUT2D eigenvalue weighted by Gasteiger charge is -2.33. The Kier molecular flexibility index (Phi) is 5.34. The molecule has 1 aliphatic carbocycles. The van der Waals surface area contributed by atoms with Crippen LogP contribution in [0.15, 0.2) is 24.3 Å². The van der Waals surface area contributed by atoms with Gasteiger partial charge in [0.15, 0.2) is 0 Å². The Bertz CT molecular complexity index is 519. The van der Waals surface area contributed by atoms with E-state index < -0.39 is 5.54 Å². The van der Waals surface area contributed by atoms with Crippen molar-refractivity contribution >= 4 is 23.1 Å². The monoisotopic (exact) mass is 304 g/mol. The molecule has 114 valence electrons. The average Bonchev–Trinajstić information content (AvgIpc) is 2.68. The van der Waals surface area contributed by atoms with E-state index >= 15 is 0 Å². The van der Waals surface area contributed by atoms with Crippen molar-refractivity contribution in [3.05, 3.63) is 35.4 Å². The van der Waals surface area contributed by atoms with Crippen LogP contribution in [0.4, 0.5) is 0 Å². The number of amides is 1. The SMILES string of the molecule is Cc1ccccc1CC(=O)NC1(C(N)=S)CCCCCC1. The third-order valence-corrected chi connectivity index (χ3v) is 4.81. The molecule has 1 aromatic rings. The smallest absolute Gasteiger partial charge is 0.225 e. The molecule has 4 heteroatoms. The minimum Gasteiger partial charge on any atom is -0.391 e. The third kappa shape index (κ3) is 4.03. The summed E-state index contributed by atoms with van der Waals surface area (Å²) in [5.41, 5.74) is 7.67. The zero-order chi connectivity index (χ0) is 15.3. The topological polar surface area (TPSA) is 55.1 Å². The quantitative estimate of drug-likeness (QED) is 0.664. The maximum Gasteiger partial charge on any atom is 0.225 e. The van der Waals surface area contributed by atoms with Crippen LogP contribution in [0.1, 0.15) is 49.7 Å². The number of carbonyl (C=O) groups is 1. The van der Waals surface area contributed by atoms with Crippen LogP contribution in [0.2, 0.25) is 0 Å². The van der Waals surface area contributed by atoms with Gasteiger partial charge in [-0.3, -0.25) is 4.79 Å². The van der Waals surface area contributed by atoms with Gasteiger partial charge in [-0.2, -0.15) is 0 Å². The van der Waals surface area contributed by atoms with Gasteiger partial charge in [-0.25, -0.2) is 0 Å². The highest BCUT2D eigenvalue weighted by atomic mass is 32.1. The van der Waals surface area contributed by atoms with Crippen molar-refractivity contribution in [1.82, 2.24) is 5.32 Å². The molecule has 0 radical (unpaired) electrons. The first-order valence-corrected chi connectivity index (χ1v) is 8.10. The summed E-state index contributed by atoms with van der Waals surface area (Å²) in [4.78, 5) is 12.9. The second-order valence-electron chi connectivity index (χ2n) is 6.01. The van der Waals surface area contributed by atoms with Gasteiger partial charge >= 0.3 is 0 Å². The third-order valence-electron chi connectivity index (χ3n) is 4.42. The molecule has 0 saturated heterocycles. The maximum absolute atomic E-state index is 12.4. The van der Waals surface area contributed by atoms with E-state index in [1.165, 1.54) is 12.8 Å². The molecule has 0 unspecified atom stereocenters. The highest BCUT2D eigenvalue weighted by Crippen LogP contribution is 2.27. The minimum absolute atomic E-state index is 0.0130. The summed E-state index contributed by atoms with van der Waals surface area (Å²) in [7, 11) is 0. The molecule has 0 aliphatic heterocycles. The normalized spacial score (nSPS) is 17.8. The molecule has 2 rings (SSSR count). The van der Waals surface area contributed by atoms with Gasteiger partial charge in [-0.05, 0) is 30.9 Å². The van der Waals surface area contributed by atoms with Gasteiger partial charge in [0.25, 0.3) is 0 Å². The Morgan fingerprint density at radius 3 is 2.43 bits per heavy atom. The first-order chi connectivity index (χ1) is 10.0. The van der Waals surface area contributed by atoms with Crippen LogP contribution in [0.5, 0.6) is 0 Å². The van der Waals surface area contributed by atoms with Gasteiger partial charge < -0.3 is 11.1 Å². The molecular weight excluding hydrogens is 280 g/mol. The number of nitrogens with one attached hydrogen (secondary N) is 1. The fourth-order valence-corrected chi connectivity index (χ4v) is 3.31. The van der Waals surface area contributed by atoms with E-state index in [4.69, 9.17) is 18.0 Å². The van der Waals surface area contributed by atoms with Crippen molar-refractivity contribution in [2.45, 2.75) is 57.4 Å². The maximum atomic E-state index is 12.4. The largest absolute Gasteiger partial charge is 0.391 e. The molecule has 0 heterocycles. The van der Waals surface area contributed by atoms with E-state index in [9.17, 15) is 4.79 Å². The highest BCUT2D eigenvalue weighted by Gasteiger charge is 2.35. The van der Waals surface area contributed by atoms with Gasteiger partial charge in [0, 0.05) is 0 Å². The van der Waals surface area contributed by atoms with Gasteiger partial charge in [-0.15, -0.1) is 0 Å². The summed E-state index contributed by atoms with van der Waals surface area (Å²) in [6, 6.07) is 7.97.